The van der Waals surface area contributed by atoms with E-state index in [2.05, 4.69) is 0 Å². The lowest BCUT2D eigenvalue weighted by Gasteiger charge is -2.22. The van der Waals surface area contributed by atoms with Crippen molar-refractivity contribution in [2.24, 2.45) is 5.73 Å². The van der Waals surface area contributed by atoms with Crippen LogP contribution in [0.5, 0.6) is 0 Å². The Bertz CT molecular complexity index is 589. The maximum absolute atomic E-state index is 12.1. The Labute approximate surface area is 120 Å². The predicted molar refractivity (Wildman–Crippen MR) is 76.9 cm³/mol. The summed E-state index contributed by atoms with van der Waals surface area (Å²) in [5, 5.41) is 8.78. The molecule has 1 aromatic rings. The quantitative estimate of drug-likeness (QED) is 0.769. The van der Waals surface area contributed by atoms with Crippen molar-refractivity contribution >= 4 is 9.84 Å². The van der Waals surface area contributed by atoms with E-state index in [-0.39, 0.29) is 17.3 Å². The zero-order valence-corrected chi connectivity index (χ0v) is 12.6. The summed E-state index contributed by atoms with van der Waals surface area (Å²) in [4.78, 5) is 0.145. The molecule has 0 aliphatic rings. The van der Waals surface area contributed by atoms with Crippen LogP contribution in [-0.4, -0.2) is 32.9 Å². The first kappa shape index (κ1) is 16.6. The Hall–Kier alpha value is -1.42. The Balaban J connectivity index is 2.60. The summed E-state index contributed by atoms with van der Waals surface area (Å²) in [6, 6.07) is 7.89. The number of nitrogens with two attached hydrogens (primary N) is 1. The van der Waals surface area contributed by atoms with Gasteiger partial charge in [0.2, 0.25) is 0 Å². The van der Waals surface area contributed by atoms with E-state index in [9.17, 15) is 8.42 Å². The first-order chi connectivity index (χ1) is 9.30. The lowest BCUT2D eigenvalue weighted by atomic mass is 10.0. The summed E-state index contributed by atoms with van der Waals surface area (Å²) < 4.78 is 29.5. The largest absolute Gasteiger partial charge is 0.378 e. The van der Waals surface area contributed by atoms with Gasteiger partial charge in [0.25, 0.3) is 0 Å². The van der Waals surface area contributed by atoms with Crippen molar-refractivity contribution in [3.05, 3.63) is 29.8 Å². The van der Waals surface area contributed by atoms with Crippen molar-refractivity contribution in [3.8, 4) is 6.07 Å². The van der Waals surface area contributed by atoms with Crippen LogP contribution in [0.4, 0.5) is 0 Å². The highest BCUT2D eigenvalue weighted by atomic mass is 32.2. The molecule has 0 aliphatic carbocycles. The van der Waals surface area contributed by atoms with Gasteiger partial charge in [-0.05, 0) is 31.5 Å². The normalized spacial score (nSPS) is 14.5. The third-order valence-electron chi connectivity index (χ3n) is 3.06. The fourth-order valence-corrected chi connectivity index (χ4v) is 2.62. The first-order valence-electron chi connectivity index (χ1n) is 6.40. The molecule has 0 saturated carbocycles. The van der Waals surface area contributed by atoms with E-state index in [1.165, 1.54) is 12.1 Å². The average Bonchev–Trinajstić information content (AvgIpc) is 2.44. The molecule has 0 spiro atoms. The van der Waals surface area contributed by atoms with Gasteiger partial charge in [-0.1, -0.05) is 13.0 Å². The topological polar surface area (TPSA) is 93.2 Å². The smallest absolute Gasteiger partial charge is 0.180 e. The number of hydrogen-bond acceptors (Lipinski definition) is 5. The maximum atomic E-state index is 12.1. The summed E-state index contributed by atoms with van der Waals surface area (Å²) in [6.45, 7) is 4.22. The molecule has 0 aromatic heterocycles. The summed E-state index contributed by atoms with van der Waals surface area (Å²) >= 11 is 0. The van der Waals surface area contributed by atoms with Crippen molar-refractivity contribution in [2.75, 3.05) is 19.0 Å². The van der Waals surface area contributed by atoms with Gasteiger partial charge in [0.05, 0.1) is 35.5 Å². The predicted octanol–water partition coefficient (Wildman–Crippen LogP) is 1.48. The van der Waals surface area contributed by atoms with Crippen LogP contribution in [0.15, 0.2) is 29.2 Å². The molecule has 0 radical (unpaired) electrons. The molecule has 1 unspecified atom stereocenters. The number of rotatable bonds is 7. The molecule has 6 heteroatoms. The standard InChI is InChI=1S/C14H20N2O3S/c1-3-14(2,16)11-19-7-8-20(17,18)13-6-4-5-12(9-13)10-15/h4-6,9H,3,7-8,11,16H2,1-2H3. The van der Waals surface area contributed by atoms with E-state index in [1.54, 1.807) is 12.1 Å². The molecule has 1 rings (SSSR count). The molecule has 0 fully saturated rings. The van der Waals surface area contributed by atoms with Crippen molar-refractivity contribution in [1.82, 2.24) is 0 Å². The van der Waals surface area contributed by atoms with Gasteiger partial charge >= 0.3 is 0 Å². The van der Waals surface area contributed by atoms with Crippen LogP contribution in [0.1, 0.15) is 25.8 Å². The second kappa shape index (κ2) is 6.84. The molecule has 1 aromatic carbocycles. The van der Waals surface area contributed by atoms with Crippen LogP contribution >= 0.6 is 0 Å². The highest BCUT2D eigenvalue weighted by Crippen LogP contribution is 2.13. The Kier molecular flexibility index (Phi) is 5.69. The van der Waals surface area contributed by atoms with Gasteiger partial charge in [0.1, 0.15) is 0 Å². The van der Waals surface area contributed by atoms with Gasteiger partial charge in [-0.2, -0.15) is 5.26 Å². The number of nitriles is 1. The lowest BCUT2D eigenvalue weighted by Crippen LogP contribution is -2.40. The summed E-state index contributed by atoms with van der Waals surface area (Å²) in [6.07, 6.45) is 0.754. The highest BCUT2D eigenvalue weighted by molar-refractivity contribution is 7.91. The molecule has 5 nitrogen and oxygen atoms in total. The fourth-order valence-electron chi connectivity index (χ4n) is 1.45. The Morgan fingerprint density at radius 3 is 2.75 bits per heavy atom. The van der Waals surface area contributed by atoms with Crippen molar-refractivity contribution in [3.63, 3.8) is 0 Å². The van der Waals surface area contributed by atoms with Gasteiger partial charge in [0.15, 0.2) is 9.84 Å². The third kappa shape index (κ3) is 4.93. The Morgan fingerprint density at radius 2 is 2.15 bits per heavy atom. The third-order valence-corrected chi connectivity index (χ3v) is 4.73. The van der Waals surface area contributed by atoms with Crippen LogP contribution in [-0.2, 0) is 14.6 Å². The molecule has 0 aliphatic heterocycles. The summed E-state index contributed by atoms with van der Waals surface area (Å²) in [5.74, 6) is -0.123. The van der Waals surface area contributed by atoms with E-state index in [0.29, 0.717) is 12.2 Å². The lowest BCUT2D eigenvalue weighted by molar-refractivity contribution is 0.101. The van der Waals surface area contributed by atoms with Gasteiger partial charge in [0, 0.05) is 5.54 Å². The number of hydrogen-bond donors (Lipinski definition) is 1. The molecule has 20 heavy (non-hydrogen) atoms. The van der Waals surface area contributed by atoms with Crippen molar-refractivity contribution < 1.29 is 13.2 Å². The summed E-state index contributed by atoms with van der Waals surface area (Å²) in [5.41, 5.74) is 5.79. The number of sulfone groups is 1. The molecule has 0 heterocycles. The van der Waals surface area contributed by atoms with E-state index >= 15 is 0 Å². The minimum atomic E-state index is -3.43. The zero-order chi connectivity index (χ0) is 15.2. The first-order valence-corrected chi connectivity index (χ1v) is 8.05. The monoisotopic (exact) mass is 296 g/mol. The molecule has 0 saturated heterocycles. The van der Waals surface area contributed by atoms with Crippen LogP contribution in [0.3, 0.4) is 0 Å². The highest BCUT2D eigenvalue weighted by Gasteiger charge is 2.18. The van der Waals surface area contributed by atoms with Crippen LogP contribution < -0.4 is 5.73 Å². The van der Waals surface area contributed by atoms with Gasteiger partial charge < -0.3 is 10.5 Å². The van der Waals surface area contributed by atoms with Gasteiger partial charge in [-0.15, -0.1) is 0 Å². The number of nitrogens with zero attached hydrogens (tertiary/aromatic N) is 1. The molecular weight excluding hydrogens is 276 g/mol. The number of ether oxygens (including phenoxy) is 1. The van der Waals surface area contributed by atoms with Crippen LogP contribution in [0.2, 0.25) is 0 Å². The fraction of sp³-hybridized carbons (Fsp3) is 0.500. The maximum Gasteiger partial charge on any atom is 0.180 e. The molecule has 0 bridgehead atoms. The van der Waals surface area contributed by atoms with Gasteiger partial charge in [-0.3, -0.25) is 0 Å². The Morgan fingerprint density at radius 1 is 1.45 bits per heavy atom. The minimum Gasteiger partial charge on any atom is -0.378 e. The summed E-state index contributed by atoms with van der Waals surface area (Å²) in [7, 11) is -3.43. The molecule has 1 atom stereocenters. The van der Waals surface area contributed by atoms with E-state index < -0.39 is 15.4 Å². The number of benzene rings is 1. The second-order valence-corrected chi connectivity index (χ2v) is 7.13. The van der Waals surface area contributed by atoms with Crippen LogP contribution in [0.25, 0.3) is 0 Å². The average molecular weight is 296 g/mol. The van der Waals surface area contributed by atoms with Gasteiger partial charge in [-0.25, -0.2) is 8.42 Å². The minimum absolute atomic E-state index is 0.0892. The second-order valence-electron chi connectivity index (χ2n) is 5.02. The molecule has 0 amide bonds. The van der Waals surface area contributed by atoms with Crippen LogP contribution in [0, 0.1) is 11.3 Å². The molecule has 2 N–H and O–H groups in total. The SMILES string of the molecule is CCC(C)(N)COCCS(=O)(=O)c1cccc(C#N)c1. The van der Waals surface area contributed by atoms with E-state index in [0.717, 1.165) is 6.42 Å². The molecule has 110 valence electrons. The van der Waals surface area contributed by atoms with Crippen molar-refractivity contribution in [1.29, 1.82) is 5.26 Å². The van der Waals surface area contributed by atoms with E-state index in [1.807, 2.05) is 19.9 Å². The van der Waals surface area contributed by atoms with Crippen molar-refractivity contribution in [2.45, 2.75) is 30.7 Å². The van der Waals surface area contributed by atoms with E-state index in [4.69, 9.17) is 15.7 Å². The molecular formula is C14H20N2O3S. The zero-order valence-electron chi connectivity index (χ0n) is 11.8.